The van der Waals surface area contributed by atoms with Crippen LogP contribution in [0.3, 0.4) is 0 Å². The molecule has 3 amide bonds. The van der Waals surface area contributed by atoms with E-state index in [1.807, 2.05) is 72.5 Å². The topological polar surface area (TPSA) is 94.6 Å². The molecule has 8 nitrogen and oxygen atoms in total. The third-order valence-electron chi connectivity index (χ3n) is 7.54. The van der Waals surface area contributed by atoms with Gasteiger partial charge in [0.2, 0.25) is 11.8 Å². The zero-order valence-corrected chi connectivity index (χ0v) is 24.3. The molecule has 3 aromatic carbocycles. The van der Waals surface area contributed by atoms with Gasteiger partial charge in [0, 0.05) is 67.9 Å². The highest BCUT2D eigenvalue weighted by molar-refractivity contribution is 6.30. The summed E-state index contributed by atoms with van der Waals surface area (Å²) in [6, 6.07) is 24.0. The number of nitrogens with zero attached hydrogens (tertiary/aromatic N) is 3. The summed E-state index contributed by atoms with van der Waals surface area (Å²) in [6.07, 6.45) is 2.44. The molecule has 0 radical (unpaired) electrons. The van der Waals surface area contributed by atoms with Crippen molar-refractivity contribution in [1.82, 2.24) is 20.5 Å². The van der Waals surface area contributed by atoms with Gasteiger partial charge in [0.1, 0.15) is 11.7 Å². The van der Waals surface area contributed by atoms with Crippen molar-refractivity contribution in [2.75, 3.05) is 31.1 Å². The molecule has 42 heavy (non-hydrogen) atoms. The second-order valence-electron chi connectivity index (χ2n) is 10.3. The Morgan fingerprint density at radius 1 is 0.905 bits per heavy atom. The molecule has 5 rings (SSSR count). The number of anilines is 1. The van der Waals surface area contributed by atoms with Crippen molar-refractivity contribution in [1.29, 1.82) is 0 Å². The third-order valence-corrected chi connectivity index (χ3v) is 7.79. The summed E-state index contributed by atoms with van der Waals surface area (Å²) in [7, 11) is 0. The molecule has 0 saturated carbocycles. The number of fused-ring (bicyclic) bond motifs is 1. The van der Waals surface area contributed by atoms with Gasteiger partial charge in [-0.3, -0.25) is 19.4 Å². The first kappa shape index (κ1) is 29.1. The van der Waals surface area contributed by atoms with Gasteiger partial charge in [-0.2, -0.15) is 0 Å². The maximum absolute atomic E-state index is 13.9. The van der Waals surface area contributed by atoms with E-state index < -0.39 is 11.9 Å². The number of para-hydroxylation sites is 1. The van der Waals surface area contributed by atoms with Crippen LogP contribution in [0.2, 0.25) is 5.02 Å². The molecule has 2 N–H and O–H groups in total. The molecule has 0 aliphatic carbocycles. The van der Waals surface area contributed by atoms with E-state index in [4.69, 9.17) is 11.6 Å². The summed E-state index contributed by atoms with van der Waals surface area (Å²) < 4.78 is 0. The Labute approximate surface area is 250 Å². The molecule has 9 heteroatoms. The normalized spacial score (nSPS) is 14.0. The van der Waals surface area contributed by atoms with Crippen LogP contribution in [0.5, 0.6) is 0 Å². The minimum atomic E-state index is -0.768. The second kappa shape index (κ2) is 13.5. The van der Waals surface area contributed by atoms with E-state index in [0.717, 1.165) is 27.6 Å². The van der Waals surface area contributed by atoms with Crippen LogP contribution in [0, 0.1) is 0 Å². The fraction of sp³-hybridized carbons (Fsp3) is 0.273. The summed E-state index contributed by atoms with van der Waals surface area (Å²) in [6.45, 7) is 4.58. The number of halogens is 1. The Morgan fingerprint density at radius 3 is 2.33 bits per heavy atom. The van der Waals surface area contributed by atoms with Crippen molar-refractivity contribution in [3.63, 3.8) is 0 Å². The summed E-state index contributed by atoms with van der Waals surface area (Å²) in [5, 5.41) is 8.37. The zero-order valence-electron chi connectivity index (χ0n) is 23.6. The molecule has 2 heterocycles. The molecule has 1 atom stereocenters. The molecule has 1 aliphatic heterocycles. The first-order chi connectivity index (χ1) is 20.4. The molecule has 1 unspecified atom stereocenters. The Bertz CT molecular complexity index is 1570. The number of hydrogen-bond donors (Lipinski definition) is 2. The molecule has 1 aromatic heterocycles. The predicted molar refractivity (Wildman–Crippen MR) is 166 cm³/mol. The van der Waals surface area contributed by atoms with Crippen LogP contribution in [0.15, 0.2) is 85.1 Å². The molecular weight excluding hydrogens is 550 g/mol. The maximum Gasteiger partial charge on any atom is 0.270 e. The lowest BCUT2D eigenvalue weighted by atomic mass is 10.0. The van der Waals surface area contributed by atoms with E-state index in [1.165, 1.54) is 0 Å². The van der Waals surface area contributed by atoms with Crippen molar-refractivity contribution in [2.24, 2.45) is 0 Å². The van der Waals surface area contributed by atoms with E-state index in [1.54, 1.807) is 24.4 Å². The lowest BCUT2D eigenvalue weighted by molar-refractivity contribution is -0.133. The third kappa shape index (κ3) is 7.06. The molecule has 1 saturated heterocycles. The standard InChI is InChI=1S/C33H34ClN5O3/c1-2-31(40)36-22-26-9-5-6-10-30(26)38-15-17-39(18-16-38)33(42)29(19-23-11-13-27(34)14-12-23)37-32(41)28-20-24-7-3-4-8-25(24)21-35-28/h3-14,20-21,29H,2,15-19,22H2,1H3,(H,36,40)(H,37,41). The van der Waals surface area contributed by atoms with Crippen LogP contribution in [0.4, 0.5) is 5.69 Å². The summed E-state index contributed by atoms with van der Waals surface area (Å²) >= 11 is 6.08. The number of carbonyl (C=O) groups is 3. The van der Waals surface area contributed by atoms with Gasteiger partial charge in [-0.15, -0.1) is 0 Å². The number of carbonyl (C=O) groups excluding carboxylic acids is 3. The summed E-state index contributed by atoms with van der Waals surface area (Å²) in [4.78, 5) is 47.4. The second-order valence-corrected chi connectivity index (χ2v) is 10.8. The SMILES string of the molecule is CCC(=O)NCc1ccccc1N1CCN(C(=O)C(Cc2ccc(Cl)cc2)NC(=O)c2cc3ccccc3cn2)CC1. The number of nitrogens with one attached hydrogen (secondary N) is 2. The fourth-order valence-corrected chi connectivity index (χ4v) is 5.30. The van der Waals surface area contributed by atoms with Crippen molar-refractivity contribution < 1.29 is 14.4 Å². The van der Waals surface area contributed by atoms with E-state index in [-0.39, 0.29) is 17.5 Å². The number of piperazine rings is 1. The minimum Gasteiger partial charge on any atom is -0.368 e. The van der Waals surface area contributed by atoms with Gasteiger partial charge in [-0.05, 0) is 40.8 Å². The number of hydrogen-bond acceptors (Lipinski definition) is 5. The quantitative estimate of drug-likeness (QED) is 0.300. The molecule has 4 aromatic rings. The van der Waals surface area contributed by atoms with Crippen LogP contribution in [-0.2, 0) is 22.6 Å². The van der Waals surface area contributed by atoms with Crippen molar-refractivity contribution >= 4 is 45.8 Å². The van der Waals surface area contributed by atoms with Crippen LogP contribution in [0.25, 0.3) is 10.8 Å². The van der Waals surface area contributed by atoms with Crippen molar-refractivity contribution in [3.05, 3.63) is 107 Å². The fourth-order valence-electron chi connectivity index (χ4n) is 5.17. The van der Waals surface area contributed by atoms with Gasteiger partial charge in [-0.1, -0.05) is 73.1 Å². The average molecular weight is 584 g/mol. The molecule has 0 bridgehead atoms. The average Bonchev–Trinajstić information content (AvgIpc) is 3.04. The smallest absolute Gasteiger partial charge is 0.270 e. The summed E-state index contributed by atoms with van der Waals surface area (Å²) in [5.41, 5.74) is 3.25. The number of aromatic nitrogens is 1. The Balaban J connectivity index is 1.29. The molecule has 1 fully saturated rings. The lowest BCUT2D eigenvalue weighted by Gasteiger charge is -2.38. The zero-order chi connectivity index (χ0) is 29.5. The van der Waals surface area contributed by atoms with E-state index in [0.29, 0.717) is 50.6 Å². The van der Waals surface area contributed by atoms with E-state index in [9.17, 15) is 14.4 Å². The molecule has 216 valence electrons. The van der Waals surface area contributed by atoms with Crippen molar-refractivity contribution in [3.8, 4) is 0 Å². The van der Waals surface area contributed by atoms with E-state index >= 15 is 0 Å². The summed E-state index contributed by atoms with van der Waals surface area (Å²) in [5.74, 6) is -0.523. The number of rotatable bonds is 9. The van der Waals surface area contributed by atoms with E-state index in [2.05, 4.69) is 20.5 Å². The number of pyridine rings is 1. The maximum atomic E-state index is 13.9. The predicted octanol–water partition coefficient (Wildman–Crippen LogP) is 4.60. The monoisotopic (exact) mass is 583 g/mol. The Hall–Kier alpha value is -4.43. The highest BCUT2D eigenvalue weighted by atomic mass is 35.5. The molecule has 1 aliphatic rings. The Morgan fingerprint density at radius 2 is 1.60 bits per heavy atom. The highest BCUT2D eigenvalue weighted by Gasteiger charge is 2.30. The van der Waals surface area contributed by atoms with Gasteiger partial charge in [0.15, 0.2) is 0 Å². The van der Waals surface area contributed by atoms with Gasteiger partial charge in [0.25, 0.3) is 5.91 Å². The minimum absolute atomic E-state index is 0.00730. The number of amides is 3. The van der Waals surface area contributed by atoms with Crippen LogP contribution >= 0.6 is 11.6 Å². The van der Waals surface area contributed by atoms with Crippen LogP contribution in [-0.4, -0.2) is 59.8 Å². The lowest BCUT2D eigenvalue weighted by Crippen LogP contribution is -2.55. The Kier molecular flexibility index (Phi) is 9.34. The number of benzene rings is 3. The first-order valence-electron chi connectivity index (χ1n) is 14.2. The van der Waals surface area contributed by atoms with Crippen molar-refractivity contribution in [2.45, 2.75) is 32.4 Å². The highest BCUT2D eigenvalue weighted by Crippen LogP contribution is 2.23. The van der Waals surface area contributed by atoms with Gasteiger partial charge >= 0.3 is 0 Å². The molecule has 0 spiro atoms. The van der Waals surface area contributed by atoms with Gasteiger partial charge in [-0.25, -0.2) is 0 Å². The molecular formula is C33H34ClN5O3. The van der Waals surface area contributed by atoms with Crippen LogP contribution < -0.4 is 15.5 Å². The largest absolute Gasteiger partial charge is 0.368 e. The van der Waals surface area contributed by atoms with Crippen LogP contribution in [0.1, 0.15) is 35.0 Å². The first-order valence-corrected chi connectivity index (χ1v) is 14.6. The van der Waals surface area contributed by atoms with Gasteiger partial charge in [0.05, 0.1) is 0 Å². The van der Waals surface area contributed by atoms with Gasteiger partial charge < -0.3 is 20.4 Å².